The highest BCUT2D eigenvalue weighted by molar-refractivity contribution is 6.03. The molecule has 2 bridgehead atoms. The lowest BCUT2D eigenvalue weighted by atomic mass is 9.76. The zero-order valence-electron chi connectivity index (χ0n) is 16.7. The number of amides is 2. The fourth-order valence-corrected chi connectivity index (χ4v) is 4.83. The van der Waals surface area contributed by atoms with Gasteiger partial charge in [-0.05, 0) is 31.2 Å². The van der Waals surface area contributed by atoms with Gasteiger partial charge < -0.3 is 19.1 Å². The molecule has 0 saturated carbocycles. The molecule has 30 heavy (non-hydrogen) atoms. The van der Waals surface area contributed by atoms with Gasteiger partial charge in [-0.2, -0.15) is 0 Å². The Bertz CT molecular complexity index is 1040. The monoisotopic (exact) mass is 411 g/mol. The Labute approximate surface area is 172 Å². The first-order chi connectivity index (χ1) is 14.4. The third-order valence-electron chi connectivity index (χ3n) is 6.32. The van der Waals surface area contributed by atoms with Crippen LogP contribution in [0.2, 0.25) is 0 Å². The molecule has 8 nitrogen and oxygen atoms in total. The summed E-state index contributed by atoms with van der Waals surface area (Å²) < 4.78 is 21.4. The lowest BCUT2D eigenvalue weighted by molar-refractivity contribution is -0.139. The molecule has 5 rings (SSSR count). The highest BCUT2D eigenvalue weighted by atomic mass is 19.1. The number of benzene rings is 1. The van der Waals surface area contributed by atoms with Crippen LogP contribution >= 0.6 is 0 Å². The van der Waals surface area contributed by atoms with Gasteiger partial charge in [0.25, 0.3) is 0 Å². The first kappa shape index (κ1) is 18.9. The van der Waals surface area contributed by atoms with E-state index in [2.05, 4.69) is 10.2 Å². The molecule has 1 aromatic carbocycles. The molecule has 2 fully saturated rings. The molecular formula is C21H22FN5O3. The van der Waals surface area contributed by atoms with Crippen LogP contribution in [0, 0.1) is 17.7 Å². The smallest absolute Gasteiger partial charge is 0.234 e. The van der Waals surface area contributed by atoms with Crippen LogP contribution in [0.3, 0.4) is 0 Å². The van der Waals surface area contributed by atoms with Crippen LogP contribution < -0.4 is 4.90 Å². The highest BCUT2D eigenvalue weighted by Gasteiger charge is 2.67. The van der Waals surface area contributed by atoms with E-state index in [4.69, 9.17) is 4.74 Å². The van der Waals surface area contributed by atoms with Crippen molar-refractivity contribution in [3.05, 3.63) is 54.4 Å². The lowest BCUT2D eigenvalue weighted by Gasteiger charge is -2.27. The Morgan fingerprint density at radius 1 is 1.37 bits per heavy atom. The maximum atomic E-state index is 13.4. The van der Waals surface area contributed by atoms with E-state index in [-0.39, 0.29) is 17.6 Å². The molecule has 0 radical (unpaired) electrons. The standard InChI is InChI=1S/C21H22FN5O3/c1-3-26-12-23-24-16(26)10-25(2)19(28)17-15-8-9-21(30-15)11-27(20(29)18(17)21)14-6-4-13(22)5-7-14/h4-9,12,15,17-18H,3,10-11H2,1-2H3/t15-,17+,18+,21-/m0/s1. The summed E-state index contributed by atoms with van der Waals surface area (Å²) in [6.45, 7) is 3.30. The second-order valence-corrected chi connectivity index (χ2v) is 8.03. The van der Waals surface area contributed by atoms with Gasteiger partial charge in [-0.1, -0.05) is 12.2 Å². The number of rotatable bonds is 5. The number of anilines is 1. The van der Waals surface area contributed by atoms with Gasteiger partial charge in [0.05, 0.1) is 31.0 Å². The lowest BCUT2D eigenvalue weighted by Crippen LogP contribution is -2.44. The van der Waals surface area contributed by atoms with Crippen LogP contribution in [0.5, 0.6) is 0 Å². The molecule has 1 aromatic heterocycles. The normalized spacial score (nSPS) is 29.0. The average Bonchev–Trinajstić information content (AvgIpc) is 3.49. The number of ether oxygens (including phenoxy) is 1. The molecule has 2 saturated heterocycles. The molecular weight excluding hydrogens is 389 g/mol. The first-order valence-corrected chi connectivity index (χ1v) is 9.99. The minimum atomic E-state index is -0.819. The Kier molecular flexibility index (Phi) is 4.25. The molecule has 156 valence electrons. The van der Waals surface area contributed by atoms with Gasteiger partial charge in [-0.3, -0.25) is 9.59 Å². The summed E-state index contributed by atoms with van der Waals surface area (Å²) >= 11 is 0. The van der Waals surface area contributed by atoms with Gasteiger partial charge in [0.15, 0.2) is 5.82 Å². The minimum Gasteiger partial charge on any atom is -0.360 e. The van der Waals surface area contributed by atoms with E-state index >= 15 is 0 Å². The van der Waals surface area contributed by atoms with Gasteiger partial charge in [-0.25, -0.2) is 4.39 Å². The molecule has 3 aliphatic heterocycles. The van der Waals surface area contributed by atoms with Gasteiger partial charge in [-0.15, -0.1) is 10.2 Å². The molecule has 2 aromatic rings. The van der Waals surface area contributed by atoms with Crippen molar-refractivity contribution >= 4 is 17.5 Å². The van der Waals surface area contributed by atoms with Gasteiger partial charge >= 0.3 is 0 Å². The second-order valence-electron chi connectivity index (χ2n) is 8.03. The van der Waals surface area contributed by atoms with Crippen molar-refractivity contribution in [1.29, 1.82) is 0 Å². The van der Waals surface area contributed by atoms with E-state index in [0.29, 0.717) is 31.1 Å². The van der Waals surface area contributed by atoms with Crippen LogP contribution in [0.25, 0.3) is 0 Å². The Morgan fingerprint density at radius 3 is 2.87 bits per heavy atom. The summed E-state index contributed by atoms with van der Waals surface area (Å²) in [5, 5.41) is 8.00. The summed E-state index contributed by atoms with van der Waals surface area (Å²) in [5.74, 6) is -1.20. The number of aromatic nitrogens is 3. The fraction of sp³-hybridized carbons (Fsp3) is 0.429. The molecule has 0 aliphatic carbocycles. The molecule has 0 unspecified atom stereocenters. The van der Waals surface area contributed by atoms with E-state index in [0.717, 1.165) is 0 Å². The second kappa shape index (κ2) is 6.73. The molecule has 0 N–H and O–H groups in total. The maximum absolute atomic E-state index is 13.4. The number of nitrogens with zero attached hydrogens (tertiary/aromatic N) is 5. The maximum Gasteiger partial charge on any atom is 0.234 e. The van der Waals surface area contributed by atoms with Crippen molar-refractivity contribution in [1.82, 2.24) is 19.7 Å². The van der Waals surface area contributed by atoms with Crippen molar-refractivity contribution in [3.63, 3.8) is 0 Å². The van der Waals surface area contributed by atoms with Gasteiger partial charge in [0.1, 0.15) is 17.7 Å². The first-order valence-electron chi connectivity index (χ1n) is 9.99. The topological polar surface area (TPSA) is 80.6 Å². The molecule has 1 spiro atoms. The quantitative estimate of drug-likeness (QED) is 0.695. The van der Waals surface area contributed by atoms with Crippen molar-refractivity contribution in [2.24, 2.45) is 11.8 Å². The number of carbonyl (C=O) groups is 2. The van der Waals surface area contributed by atoms with Crippen LogP contribution in [-0.4, -0.2) is 56.8 Å². The molecule has 4 heterocycles. The van der Waals surface area contributed by atoms with E-state index in [1.807, 2.05) is 23.6 Å². The molecule has 3 aliphatic rings. The van der Waals surface area contributed by atoms with Crippen LogP contribution in [-0.2, 0) is 27.4 Å². The van der Waals surface area contributed by atoms with Crippen molar-refractivity contribution in [3.8, 4) is 0 Å². The van der Waals surface area contributed by atoms with E-state index in [9.17, 15) is 14.0 Å². The molecule has 2 amide bonds. The van der Waals surface area contributed by atoms with Crippen molar-refractivity contribution < 1.29 is 18.7 Å². The number of carbonyl (C=O) groups excluding carboxylic acids is 2. The van der Waals surface area contributed by atoms with Crippen LogP contribution in [0.15, 0.2) is 42.7 Å². The summed E-state index contributed by atoms with van der Waals surface area (Å²) in [7, 11) is 1.70. The van der Waals surface area contributed by atoms with Crippen molar-refractivity contribution in [2.45, 2.75) is 31.7 Å². The molecule has 4 atom stereocenters. The van der Waals surface area contributed by atoms with Crippen LogP contribution in [0.4, 0.5) is 10.1 Å². The number of fused-ring (bicyclic) bond motifs is 1. The summed E-state index contributed by atoms with van der Waals surface area (Å²) in [4.78, 5) is 29.9. The SMILES string of the molecule is CCn1cnnc1CN(C)C(=O)[C@@H]1[C@@H]2C=C[C@@]3(CN(c4ccc(F)cc4)C(=O)[C@@H]13)O2. The Balaban J connectivity index is 1.40. The predicted octanol–water partition coefficient (Wildman–Crippen LogP) is 1.38. The zero-order valence-corrected chi connectivity index (χ0v) is 16.7. The number of aryl methyl sites for hydroxylation is 1. The van der Waals surface area contributed by atoms with E-state index in [1.54, 1.807) is 35.3 Å². The third-order valence-corrected chi connectivity index (χ3v) is 6.32. The largest absolute Gasteiger partial charge is 0.360 e. The van der Waals surface area contributed by atoms with Crippen LogP contribution in [0.1, 0.15) is 12.7 Å². The van der Waals surface area contributed by atoms with Gasteiger partial charge in [0, 0.05) is 19.3 Å². The summed E-state index contributed by atoms with van der Waals surface area (Å²) in [6, 6.07) is 5.79. The fourth-order valence-electron chi connectivity index (χ4n) is 4.83. The number of halogens is 1. The predicted molar refractivity (Wildman–Crippen MR) is 105 cm³/mol. The summed E-state index contributed by atoms with van der Waals surface area (Å²) in [5.41, 5.74) is -0.220. The molecule has 9 heteroatoms. The van der Waals surface area contributed by atoms with E-state index in [1.165, 1.54) is 12.1 Å². The number of hydrogen-bond donors (Lipinski definition) is 0. The summed E-state index contributed by atoms with van der Waals surface area (Å²) in [6.07, 6.45) is 4.99. The third kappa shape index (κ3) is 2.68. The van der Waals surface area contributed by atoms with Gasteiger partial charge in [0.2, 0.25) is 11.8 Å². The highest BCUT2D eigenvalue weighted by Crippen LogP contribution is 2.53. The number of hydrogen-bond acceptors (Lipinski definition) is 5. The minimum absolute atomic E-state index is 0.156. The average molecular weight is 411 g/mol. The Morgan fingerprint density at radius 2 is 2.13 bits per heavy atom. The Hall–Kier alpha value is -3.07. The van der Waals surface area contributed by atoms with Crippen molar-refractivity contribution in [2.75, 3.05) is 18.5 Å². The van der Waals surface area contributed by atoms with E-state index < -0.39 is 23.5 Å². The zero-order chi connectivity index (χ0) is 21.0.